The van der Waals surface area contributed by atoms with Crippen molar-refractivity contribution >= 4 is 5.97 Å². The van der Waals surface area contributed by atoms with Gasteiger partial charge in [-0.05, 0) is 24.1 Å². The highest BCUT2D eigenvalue weighted by Gasteiger charge is 2.12. The van der Waals surface area contributed by atoms with Crippen LogP contribution in [0.4, 0.5) is 0 Å². The lowest BCUT2D eigenvalue weighted by Crippen LogP contribution is -2.03. The summed E-state index contributed by atoms with van der Waals surface area (Å²) in [5.74, 6) is -0.0253. The third-order valence-electron chi connectivity index (χ3n) is 2.96. The number of carboxylic acid groups (broad SMARTS) is 1. The van der Waals surface area contributed by atoms with Crippen molar-refractivity contribution in [3.05, 3.63) is 41.7 Å². The van der Waals surface area contributed by atoms with Crippen molar-refractivity contribution in [2.75, 3.05) is 7.11 Å². The maximum Gasteiger partial charge on any atom is 0.339 e. The summed E-state index contributed by atoms with van der Waals surface area (Å²) in [6, 6.07) is 4.96. The van der Waals surface area contributed by atoms with Crippen molar-refractivity contribution in [2.24, 2.45) is 0 Å². The summed E-state index contributed by atoms with van der Waals surface area (Å²) in [7, 11) is 1.44. The molecule has 1 N–H and O–H groups in total. The highest BCUT2D eigenvalue weighted by atomic mass is 16.5. The van der Waals surface area contributed by atoms with E-state index in [1.165, 1.54) is 7.11 Å². The first kappa shape index (κ1) is 14.9. The topological polar surface area (TPSA) is 73.6 Å². The first-order valence-corrected chi connectivity index (χ1v) is 6.69. The first-order chi connectivity index (χ1) is 10.1. The van der Waals surface area contributed by atoms with Gasteiger partial charge in [-0.25, -0.2) is 4.79 Å². The van der Waals surface area contributed by atoms with Crippen LogP contribution in [-0.2, 0) is 13.2 Å². The molecule has 0 aliphatic rings. The molecule has 0 saturated heterocycles. The standard InChI is InChI=1S/C15H18N2O4/c1-3-6-17-9-12(8-16-17)21-10-11-4-5-14(20-2)13(7-11)15(18)19/h4-5,7-9H,3,6,10H2,1-2H3,(H,18,19). The van der Waals surface area contributed by atoms with Crippen LogP contribution in [0.5, 0.6) is 11.5 Å². The number of nitrogens with zero attached hydrogens (tertiary/aromatic N) is 2. The lowest BCUT2D eigenvalue weighted by atomic mass is 10.1. The van der Waals surface area contributed by atoms with Gasteiger partial charge >= 0.3 is 5.97 Å². The minimum atomic E-state index is -1.02. The SMILES string of the molecule is CCCn1cc(OCc2ccc(OC)c(C(=O)O)c2)cn1. The molecule has 0 unspecified atom stereocenters. The van der Waals surface area contributed by atoms with Gasteiger partial charge in [-0.3, -0.25) is 4.68 Å². The number of carboxylic acids is 1. The zero-order valence-corrected chi connectivity index (χ0v) is 12.1. The van der Waals surface area contributed by atoms with E-state index in [2.05, 4.69) is 12.0 Å². The number of methoxy groups -OCH3 is 1. The summed E-state index contributed by atoms with van der Waals surface area (Å²) in [6.07, 6.45) is 4.48. The number of aromatic nitrogens is 2. The van der Waals surface area contributed by atoms with E-state index in [1.54, 1.807) is 24.4 Å². The molecule has 0 fully saturated rings. The maximum atomic E-state index is 11.1. The second-order valence-corrected chi connectivity index (χ2v) is 4.57. The molecule has 0 radical (unpaired) electrons. The first-order valence-electron chi connectivity index (χ1n) is 6.69. The molecule has 2 rings (SSSR count). The van der Waals surface area contributed by atoms with E-state index >= 15 is 0 Å². The van der Waals surface area contributed by atoms with E-state index in [4.69, 9.17) is 14.6 Å². The van der Waals surface area contributed by atoms with Crippen molar-refractivity contribution < 1.29 is 19.4 Å². The number of aryl methyl sites for hydroxylation is 1. The average Bonchev–Trinajstić information content (AvgIpc) is 2.93. The fourth-order valence-electron chi connectivity index (χ4n) is 1.95. The molecule has 1 heterocycles. The van der Waals surface area contributed by atoms with Gasteiger partial charge in [0, 0.05) is 6.54 Å². The normalized spacial score (nSPS) is 10.4. The molecule has 0 atom stereocenters. The van der Waals surface area contributed by atoms with Crippen LogP contribution >= 0.6 is 0 Å². The molecule has 1 aromatic heterocycles. The minimum Gasteiger partial charge on any atom is -0.496 e. The highest BCUT2D eigenvalue weighted by Crippen LogP contribution is 2.21. The second-order valence-electron chi connectivity index (χ2n) is 4.57. The number of hydrogen-bond acceptors (Lipinski definition) is 4. The van der Waals surface area contributed by atoms with E-state index in [-0.39, 0.29) is 12.2 Å². The summed E-state index contributed by atoms with van der Waals surface area (Å²) < 4.78 is 12.4. The van der Waals surface area contributed by atoms with E-state index in [0.717, 1.165) is 18.5 Å². The molecule has 2 aromatic rings. The Labute approximate surface area is 122 Å². The van der Waals surface area contributed by atoms with Gasteiger partial charge in [-0.2, -0.15) is 5.10 Å². The number of ether oxygens (including phenoxy) is 2. The molecule has 6 heteroatoms. The number of aromatic carboxylic acids is 1. The summed E-state index contributed by atoms with van der Waals surface area (Å²) in [5.41, 5.74) is 0.886. The van der Waals surface area contributed by atoms with Gasteiger partial charge in [0.05, 0.1) is 19.5 Å². The molecular formula is C15H18N2O4. The van der Waals surface area contributed by atoms with Crippen LogP contribution in [0.1, 0.15) is 29.3 Å². The Morgan fingerprint density at radius 1 is 1.43 bits per heavy atom. The van der Waals surface area contributed by atoms with Crippen molar-refractivity contribution in [1.29, 1.82) is 0 Å². The predicted molar refractivity (Wildman–Crippen MR) is 76.8 cm³/mol. The van der Waals surface area contributed by atoms with Gasteiger partial charge in [0.25, 0.3) is 0 Å². The Hall–Kier alpha value is -2.50. The van der Waals surface area contributed by atoms with Crippen LogP contribution in [0, 0.1) is 0 Å². The Bertz CT molecular complexity index is 622. The zero-order chi connectivity index (χ0) is 15.2. The van der Waals surface area contributed by atoms with E-state index in [9.17, 15) is 4.79 Å². The molecular weight excluding hydrogens is 272 g/mol. The van der Waals surface area contributed by atoms with Crippen LogP contribution in [0.2, 0.25) is 0 Å². The molecule has 0 amide bonds. The van der Waals surface area contributed by atoms with Crippen molar-refractivity contribution in [1.82, 2.24) is 9.78 Å². The van der Waals surface area contributed by atoms with Gasteiger partial charge in [-0.15, -0.1) is 0 Å². The zero-order valence-electron chi connectivity index (χ0n) is 12.1. The smallest absolute Gasteiger partial charge is 0.339 e. The highest BCUT2D eigenvalue weighted by molar-refractivity contribution is 5.91. The average molecular weight is 290 g/mol. The molecule has 0 saturated carbocycles. The van der Waals surface area contributed by atoms with E-state index in [0.29, 0.717) is 11.5 Å². The Balaban J connectivity index is 2.05. The van der Waals surface area contributed by atoms with Gasteiger partial charge in [-0.1, -0.05) is 13.0 Å². The van der Waals surface area contributed by atoms with Crippen LogP contribution in [0.3, 0.4) is 0 Å². The number of benzene rings is 1. The molecule has 0 bridgehead atoms. The van der Waals surface area contributed by atoms with Crippen molar-refractivity contribution in [3.8, 4) is 11.5 Å². The second kappa shape index (κ2) is 6.78. The molecule has 1 aromatic carbocycles. The molecule has 0 spiro atoms. The number of carbonyl (C=O) groups is 1. The van der Waals surface area contributed by atoms with Crippen LogP contribution in [-0.4, -0.2) is 28.0 Å². The third-order valence-corrected chi connectivity index (χ3v) is 2.96. The van der Waals surface area contributed by atoms with E-state index in [1.807, 2.05) is 10.9 Å². The molecule has 6 nitrogen and oxygen atoms in total. The van der Waals surface area contributed by atoms with Crippen LogP contribution < -0.4 is 9.47 Å². The Morgan fingerprint density at radius 2 is 2.24 bits per heavy atom. The summed E-state index contributed by atoms with van der Waals surface area (Å²) in [5, 5.41) is 13.3. The quantitative estimate of drug-likeness (QED) is 0.848. The van der Waals surface area contributed by atoms with Gasteiger partial charge in [0.1, 0.15) is 17.9 Å². The van der Waals surface area contributed by atoms with Crippen LogP contribution in [0.15, 0.2) is 30.6 Å². The minimum absolute atomic E-state index is 0.125. The van der Waals surface area contributed by atoms with Crippen molar-refractivity contribution in [3.63, 3.8) is 0 Å². The number of hydrogen-bond donors (Lipinski definition) is 1. The van der Waals surface area contributed by atoms with Crippen molar-refractivity contribution in [2.45, 2.75) is 26.5 Å². The molecule has 112 valence electrons. The van der Waals surface area contributed by atoms with Gasteiger partial charge in [0.15, 0.2) is 5.75 Å². The van der Waals surface area contributed by atoms with Crippen LogP contribution in [0.25, 0.3) is 0 Å². The Morgan fingerprint density at radius 3 is 2.90 bits per heavy atom. The monoisotopic (exact) mass is 290 g/mol. The van der Waals surface area contributed by atoms with Gasteiger partial charge in [0.2, 0.25) is 0 Å². The summed E-state index contributed by atoms with van der Waals surface area (Å²) in [4.78, 5) is 11.1. The summed E-state index contributed by atoms with van der Waals surface area (Å²) >= 11 is 0. The lowest BCUT2D eigenvalue weighted by Gasteiger charge is -2.08. The fourth-order valence-corrected chi connectivity index (χ4v) is 1.95. The fraction of sp³-hybridized carbons (Fsp3) is 0.333. The third kappa shape index (κ3) is 3.75. The summed E-state index contributed by atoms with van der Waals surface area (Å²) in [6.45, 7) is 3.20. The number of rotatable bonds is 7. The molecule has 0 aliphatic heterocycles. The van der Waals surface area contributed by atoms with E-state index < -0.39 is 5.97 Å². The molecule has 0 aliphatic carbocycles. The Kier molecular flexibility index (Phi) is 4.81. The largest absolute Gasteiger partial charge is 0.496 e. The predicted octanol–water partition coefficient (Wildman–Crippen LogP) is 2.58. The lowest BCUT2D eigenvalue weighted by molar-refractivity contribution is 0.0693. The maximum absolute atomic E-state index is 11.1. The van der Waals surface area contributed by atoms with Gasteiger partial charge < -0.3 is 14.6 Å². The molecule has 21 heavy (non-hydrogen) atoms.